The summed E-state index contributed by atoms with van der Waals surface area (Å²) in [6.45, 7) is 0. The SMILES string of the molecule is Bc1cccnc1CCl. The van der Waals surface area contributed by atoms with Gasteiger partial charge in [0.25, 0.3) is 0 Å². The Morgan fingerprint density at radius 2 is 2.44 bits per heavy atom. The fourth-order valence-corrected chi connectivity index (χ4v) is 0.938. The number of nitrogens with zero attached hydrogens (tertiary/aromatic N) is 1. The largest absolute Gasteiger partial charge is 0.261 e. The maximum absolute atomic E-state index is 5.57. The Balaban J connectivity index is 3.01. The van der Waals surface area contributed by atoms with Crippen LogP contribution in [-0.4, -0.2) is 12.8 Å². The zero-order chi connectivity index (χ0) is 6.69. The molecular weight excluding hydrogens is 132 g/mol. The summed E-state index contributed by atoms with van der Waals surface area (Å²) in [5, 5.41) is 0. The summed E-state index contributed by atoms with van der Waals surface area (Å²) in [5.41, 5.74) is 2.13. The van der Waals surface area contributed by atoms with E-state index in [-0.39, 0.29) is 0 Å². The van der Waals surface area contributed by atoms with Gasteiger partial charge in [0.15, 0.2) is 0 Å². The number of pyridine rings is 1. The molecule has 0 amide bonds. The Kier molecular flexibility index (Phi) is 2.12. The Morgan fingerprint density at radius 1 is 1.67 bits per heavy atom. The Bertz CT molecular complexity index is 202. The summed E-state index contributed by atoms with van der Waals surface area (Å²) >= 11 is 5.57. The molecule has 1 aromatic rings. The van der Waals surface area contributed by atoms with Crippen molar-refractivity contribution < 1.29 is 0 Å². The van der Waals surface area contributed by atoms with E-state index in [9.17, 15) is 0 Å². The summed E-state index contributed by atoms with van der Waals surface area (Å²) < 4.78 is 0. The van der Waals surface area contributed by atoms with Gasteiger partial charge in [0.05, 0.1) is 5.88 Å². The van der Waals surface area contributed by atoms with Gasteiger partial charge in [-0.3, -0.25) is 4.98 Å². The van der Waals surface area contributed by atoms with Gasteiger partial charge in [-0.15, -0.1) is 11.6 Å². The summed E-state index contributed by atoms with van der Waals surface area (Å²) in [6, 6.07) is 3.91. The van der Waals surface area contributed by atoms with Crippen LogP contribution in [0.2, 0.25) is 0 Å². The number of aromatic nitrogens is 1. The lowest BCUT2D eigenvalue weighted by atomic mass is 9.95. The van der Waals surface area contributed by atoms with Crippen molar-refractivity contribution in [3.8, 4) is 0 Å². The molecule has 1 heterocycles. The van der Waals surface area contributed by atoms with Gasteiger partial charge in [0, 0.05) is 11.9 Å². The normalized spacial score (nSPS) is 9.44. The van der Waals surface area contributed by atoms with E-state index < -0.39 is 0 Å². The molecule has 0 aliphatic heterocycles. The molecule has 0 atom stereocenters. The molecule has 0 saturated heterocycles. The van der Waals surface area contributed by atoms with Gasteiger partial charge in [-0.25, -0.2) is 0 Å². The molecule has 3 heteroatoms. The maximum atomic E-state index is 5.57. The van der Waals surface area contributed by atoms with Crippen molar-refractivity contribution in [3.05, 3.63) is 24.0 Å². The van der Waals surface area contributed by atoms with Crippen molar-refractivity contribution in [1.82, 2.24) is 4.98 Å². The van der Waals surface area contributed by atoms with Gasteiger partial charge in [-0.2, -0.15) is 0 Å². The van der Waals surface area contributed by atoms with Crippen LogP contribution in [0.1, 0.15) is 5.69 Å². The first-order valence-corrected chi connectivity index (χ1v) is 3.34. The molecule has 1 nitrogen and oxygen atoms in total. The van der Waals surface area contributed by atoms with Crippen molar-refractivity contribution in [1.29, 1.82) is 0 Å². The lowest BCUT2D eigenvalue weighted by Gasteiger charge is -1.96. The quantitative estimate of drug-likeness (QED) is 0.397. The fourth-order valence-electron chi connectivity index (χ4n) is 0.658. The number of halogens is 1. The van der Waals surface area contributed by atoms with E-state index in [1.807, 2.05) is 20.0 Å². The zero-order valence-electron chi connectivity index (χ0n) is 5.26. The molecule has 0 unspecified atom stereocenters. The van der Waals surface area contributed by atoms with E-state index in [2.05, 4.69) is 4.98 Å². The number of rotatable bonds is 1. The molecule has 0 fully saturated rings. The predicted molar refractivity (Wildman–Crippen MR) is 42.0 cm³/mol. The van der Waals surface area contributed by atoms with Crippen LogP contribution in [0.25, 0.3) is 0 Å². The minimum absolute atomic E-state index is 0.507. The Labute approximate surface area is 60.5 Å². The minimum Gasteiger partial charge on any atom is -0.261 e. The van der Waals surface area contributed by atoms with E-state index >= 15 is 0 Å². The van der Waals surface area contributed by atoms with Gasteiger partial charge in [0.2, 0.25) is 0 Å². The standard InChI is InChI=1S/C6H7BClN/c7-5-2-1-3-9-6(5)4-8/h1-3H,4,7H2. The molecular formula is C6H7BClN. The summed E-state index contributed by atoms with van der Waals surface area (Å²) in [6.07, 6.45) is 1.75. The van der Waals surface area contributed by atoms with E-state index in [0.29, 0.717) is 5.88 Å². The highest BCUT2D eigenvalue weighted by Gasteiger charge is 1.92. The van der Waals surface area contributed by atoms with Crippen molar-refractivity contribution >= 4 is 24.9 Å². The second-order valence-corrected chi connectivity index (χ2v) is 2.17. The monoisotopic (exact) mass is 139 g/mol. The third-order valence-electron chi connectivity index (χ3n) is 1.24. The number of hydrogen-bond acceptors (Lipinski definition) is 1. The highest BCUT2D eigenvalue weighted by Crippen LogP contribution is 1.92. The van der Waals surface area contributed by atoms with Crippen LogP contribution in [0.4, 0.5) is 0 Å². The van der Waals surface area contributed by atoms with Crippen LogP contribution in [0, 0.1) is 0 Å². The molecule has 0 bridgehead atoms. The second kappa shape index (κ2) is 2.88. The van der Waals surface area contributed by atoms with Crippen molar-refractivity contribution in [3.63, 3.8) is 0 Å². The predicted octanol–water partition coefficient (Wildman–Crippen LogP) is 0.0788. The third kappa shape index (κ3) is 1.45. The first-order chi connectivity index (χ1) is 4.34. The van der Waals surface area contributed by atoms with Crippen LogP contribution < -0.4 is 5.46 Å². The molecule has 9 heavy (non-hydrogen) atoms. The lowest BCUT2D eigenvalue weighted by molar-refractivity contribution is 1.19. The van der Waals surface area contributed by atoms with E-state index in [4.69, 9.17) is 11.6 Å². The van der Waals surface area contributed by atoms with Crippen LogP contribution >= 0.6 is 11.6 Å². The molecule has 0 N–H and O–H groups in total. The van der Waals surface area contributed by atoms with Gasteiger partial charge >= 0.3 is 0 Å². The van der Waals surface area contributed by atoms with Gasteiger partial charge in [-0.05, 0) is 6.07 Å². The van der Waals surface area contributed by atoms with E-state index in [1.165, 1.54) is 0 Å². The van der Waals surface area contributed by atoms with Gasteiger partial charge < -0.3 is 0 Å². The Morgan fingerprint density at radius 3 is 2.89 bits per heavy atom. The van der Waals surface area contributed by atoms with Gasteiger partial charge in [-0.1, -0.05) is 11.5 Å². The second-order valence-electron chi connectivity index (χ2n) is 1.90. The zero-order valence-corrected chi connectivity index (χ0v) is 6.02. The number of alkyl halides is 1. The van der Waals surface area contributed by atoms with Crippen LogP contribution in [0.15, 0.2) is 18.3 Å². The van der Waals surface area contributed by atoms with Crippen LogP contribution in [-0.2, 0) is 5.88 Å². The first-order valence-electron chi connectivity index (χ1n) is 2.81. The fraction of sp³-hybridized carbons (Fsp3) is 0.167. The Hall–Kier alpha value is -0.495. The van der Waals surface area contributed by atoms with Crippen molar-refractivity contribution in [2.45, 2.75) is 5.88 Å². The molecule has 0 spiro atoms. The van der Waals surface area contributed by atoms with E-state index in [0.717, 1.165) is 11.2 Å². The van der Waals surface area contributed by atoms with Crippen LogP contribution in [0.5, 0.6) is 0 Å². The lowest BCUT2D eigenvalue weighted by Crippen LogP contribution is -2.09. The summed E-state index contributed by atoms with van der Waals surface area (Å²) in [5.74, 6) is 0.507. The topological polar surface area (TPSA) is 12.9 Å². The molecule has 0 radical (unpaired) electrons. The average Bonchev–Trinajstić information content (AvgIpc) is 1.89. The minimum atomic E-state index is 0.507. The molecule has 0 aliphatic rings. The van der Waals surface area contributed by atoms with Crippen LogP contribution in [0.3, 0.4) is 0 Å². The molecule has 1 aromatic heterocycles. The summed E-state index contributed by atoms with van der Waals surface area (Å²) in [7, 11) is 2.00. The summed E-state index contributed by atoms with van der Waals surface area (Å²) in [4.78, 5) is 4.06. The molecule has 1 rings (SSSR count). The molecule has 0 saturated carbocycles. The maximum Gasteiger partial charge on any atom is 0.141 e. The average molecular weight is 139 g/mol. The molecule has 0 aromatic carbocycles. The molecule has 46 valence electrons. The van der Waals surface area contributed by atoms with E-state index in [1.54, 1.807) is 6.20 Å². The van der Waals surface area contributed by atoms with Crippen molar-refractivity contribution in [2.24, 2.45) is 0 Å². The smallest absolute Gasteiger partial charge is 0.141 e. The molecule has 0 aliphatic carbocycles. The van der Waals surface area contributed by atoms with Crippen molar-refractivity contribution in [2.75, 3.05) is 0 Å². The van der Waals surface area contributed by atoms with Gasteiger partial charge in [0.1, 0.15) is 7.85 Å². The highest BCUT2D eigenvalue weighted by atomic mass is 35.5. The first kappa shape index (κ1) is 6.62. The number of hydrogen-bond donors (Lipinski definition) is 0. The highest BCUT2D eigenvalue weighted by molar-refractivity contribution is 6.34. The third-order valence-corrected chi connectivity index (χ3v) is 1.50.